The van der Waals surface area contributed by atoms with Crippen molar-refractivity contribution in [2.24, 2.45) is 0 Å². The van der Waals surface area contributed by atoms with Crippen molar-refractivity contribution in [2.75, 3.05) is 31.1 Å². The predicted octanol–water partition coefficient (Wildman–Crippen LogP) is 3.63. The van der Waals surface area contributed by atoms with Crippen molar-refractivity contribution in [2.45, 2.75) is 31.1 Å². The van der Waals surface area contributed by atoms with Crippen molar-refractivity contribution < 1.29 is 8.42 Å². The van der Waals surface area contributed by atoms with E-state index < -0.39 is 10.0 Å². The molecule has 0 N–H and O–H groups in total. The Morgan fingerprint density at radius 3 is 2.36 bits per heavy atom. The Labute approximate surface area is 171 Å². The molecule has 1 aliphatic heterocycles. The van der Waals surface area contributed by atoms with Crippen LogP contribution in [0.25, 0.3) is 0 Å². The van der Waals surface area contributed by atoms with E-state index >= 15 is 0 Å². The Morgan fingerprint density at radius 2 is 1.79 bits per heavy atom. The van der Waals surface area contributed by atoms with Gasteiger partial charge in [0.15, 0.2) is 5.69 Å². The lowest BCUT2D eigenvalue weighted by atomic mass is 9.99. The highest BCUT2D eigenvalue weighted by Crippen LogP contribution is 2.24. The maximum Gasteiger partial charge on any atom is 0.243 e. The molecule has 1 atom stereocenters. The average Bonchev–Trinajstić information content (AvgIpc) is 2.73. The second-order valence-corrected chi connectivity index (χ2v) is 9.23. The number of sulfonamides is 1. The van der Waals surface area contributed by atoms with Crippen LogP contribution in [0.15, 0.2) is 41.3 Å². The van der Waals surface area contributed by atoms with E-state index in [1.807, 2.05) is 23.1 Å². The Balaban J connectivity index is 1.71. The van der Waals surface area contributed by atoms with E-state index in [2.05, 4.69) is 18.8 Å². The van der Waals surface area contributed by atoms with Crippen LogP contribution >= 0.6 is 11.6 Å². The largest absolute Gasteiger partial charge is 0.354 e. The second kappa shape index (κ2) is 8.48. The summed E-state index contributed by atoms with van der Waals surface area (Å²) in [5, 5.41) is 9.40. The van der Waals surface area contributed by atoms with Gasteiger partial charge in [0.25, 0.3) is 0 Å². The van der Waals surface area contributed by atoms with Gasteiger partial charge in [0.05, 0.1) is 9.92 Å². The van der Waals surface area contributed by atoms with Gasteiger partial charge in [-0.05, 0) is 42.2 Å². The zero-order chi connectivity index (χ0) is 20.3. The topological polar surface area (TPSA) is 77.3 Å². The minimum absolute atomic E-state index is 0.176. The van der Waals surface area contributed by atoms with Crippen LogP contribution in [0.5, 0.6) is 0 Å². The number of nitriles is 1. The highest BCUT2D eigenvalue weighted by atomic mass is 35.5. The second-order valence-electron chi connectivity index (χ2n) is 6.88. The monoisotopic (exact) mass is 418 g/mol. The smallest absolute Gasteiger partial charge is 0.243 e. The zero-order valence-corrected chi connectivity index (χ0v) is 17.5. The van der Waals surface area contributed by atoms with E-state index in [-0.39, 0.29) is 5.69 Å². The van der Waals surface area contributed by atoms with Crippen LogP contribution in [0.2, 0.25) is 5.02 Å². The molecule has 1 aromatic heterocycles. The van der Waals surface area contributed by atoms with Gasteiger partial charge in [0.1, 0.15) is 11.9 Å². The highest BCUT2D eigenvalue weighted by Gasteiger charge is 2.29. The quantitative estimate of drug-likeness (QED) is 0.740. The summed E-state index contributed by atoms with van der Waals surface area (Å²) in [6.45, 7) is 5.98. The van der Waals surface area contributed by atoms with Gasteiger partial charge >= 0.3 is 0 Å². The van der Waals surface area contributed by atoms with E-state index in [9.17, 15) is 8.42 Å². The van der Waals surface area contributed by atoms with E-state index in [0.717, 1.165) is 12.0 Å². The summed E-state index contributed by atoms with van der Waals surface area (Å²) in [6, 6.07) is 12.6. The molecule has 0 radical (unpaired) electrons. The van der Waals surface area contributed by atoms with Crippen molar-refractivity contribution in [1.82, 2.24) is 9.29 Å². The molecule has 1 aliphatic rings. The molecule has 1 unspecified atom stereocenters. The van der Waals surface area contributed by atoms with Gasteiger partial charge in [0, 0.05) is 26.2 Å². The Morgan fingerprint density at radius 1 is 1.14 bits per heavy atom. The van der Waals surface area contributed by atoms with Crippen LogP contribution in [-0.4, -0.2) is 43.9 Å². The lowest BCUT2D eigenvalue weighted by molar-refractivity contribution is 0.384. The number of hydrogen-bond acceptors (Lipinski definition) is 5. The minimum atomic E-state index is -3.52. The molecule has 0 aliphatic carbocycles. The summed E-state index contributed by atoms with van der Waals surface area (Å²) in [6.07, 6.45) is 1.01. The highest BCUT2D eigenvalue weighted by molar-refractivity contribution is 7.89. The first-order valence-electron chi connectivity index (χ1n) is 9.28. The van der Waals surface area contributed by atoms with E-state index in [0.29, 0.717) is 47.8 Å². The third-order valence-electron chi connectivity index (χ3n) is 5.20. The van der Waals surface area contributed by atoms with Gasteiger partial charge in [-0.3, -0.25) is 0 Å². The predicted molar refractivity (Wildman–Crippen MR) is 110 cm³/mol. The van der Waals surface area contributed by atoms with Crippen LogP contribution in [-0.2, 0) is 10.0 Å². The molecule has 28 heavy (non-hydrogen) atoms. The molecule has 6 nitrogen and oxygen atoms in total. The van der Waals surface area contributed by atoms with Crippen LogP contribution in [0, 0.1) is 11.3 Å². The third kappa shape index (κ3) is 4.14. The van der Waals surface area contributed by atoms with Crippen LogP contribution in [0.3, 0.4) is 0 Å². The number of piperazine rings is 1. The van der Waals surface area contributed by atoms with Crippen LogP contribution in [0.1, 0.15) is 37.4 Å². The number of halogens is 1. The first-order chi connectivity index (χ1) is 13.4. The Kier molecular flexibility index (Phi) is 6.23. The molecule has 148 valence electrons. The number of rotatable bonds is 5. The molecule has 1 saturated heterocycles. The maximum atomic E-state index is 13.0. The zero-order valence-electron chi connectivity index (χ0n) is 16.0. The number of anilines is 1. The molecule has 0 bridgehead atoms. The van der Waals surface area contributed by atoms with Crippen LogP contribution in [0.4, 0.5) is 5.82 Å². The Hall–Kier alpha value is -2.14. The van der Waals surface area contributed by atoms with E-state index in [1.165, 1.54) is 4.31 Å². The van der Waals surface area contributed by atoms with E-state index in [4.69, 9.17) is 16.9 Å². The molecule has 3 rings (SSSR count). The molecule has 1 fully saturated rings. The van der Waals surface area contributed by atoms with Gasteiger partial charge in [-0.15, -0.1) is 0 Å². The molecule has 0 amide bonds. The fourth-order valence-electron chi connectivity index (χ4n) is 3.20. The van der Waals surface area contributed by atoms with Crippen LogP contribution < -0.4 is 4.90 Å². The van der Waals surface area contributed by atoms with Gasteiger partial charge in [0.2, 0.25) is 10.0 Å². The minimum Gasteiger partial charge on any atom is -0.354 e. The van der Waals surface area contributed by atoms with Gasteiger partial charge in [-0.25, -0.2) is 13.4 Å². The Bertz CT molecular complexity index is 978. The van der Waals surface area contributed by atoms with Crippen molar-refractivity contribution >= 4 is 27.4 Å². The molecule has 2 heterocycles. The summed E-state index contributed by atoms with van der Waals surface area (Å²) in [5.74, 6) is 1.04. The number of benzene rings is 1. The number of nitrogens with zero attached hydrogens (tertiary/aromatic N) is 4. The summed E-state index contributed by atoms with van der Waals surface area (Å²) in [4.78, 5) is 6.55. The molecule has 8 heteroatoms. The standard InChI is InChI=1S/C20H23ClN4O2S/c1-3-15(2)16-4-6-17(7-5-16)28(26,27)25-12-10-24(11-13-25)20-9-8-18(21)19(14-22)23-20/h4-9,15H,3,10-13H2,1-2H3. The number of pyridine rings is 1. The van der Waals surface area contributed by atoms with Gasteiger partial charge < -0.3 is 4.90 Å². The van der Waals surface area contributed by atoms with Crippen molar-refractivity contribution in [1.29, 1.82) is 5.26 Å². The molecular formula is C20H23ClN4O2S. The lowest BCUT2D eigenvalue weighted by Gasteiger charge is -2.34. The molecule has 0 spiro atoms. The molecule has 2 aromatic rings. The van der Waals surface area contributed by atoms with Crippen molar-refractivity contribution in [3.05, 3.63) is 52.7 Å². The number of aromatic nitrogens is 1. The van der Waals surface area contributed by atoms with Gasteiger partial charge in [-0.1, -0.05) is 37.6 Å². The van der Waals surface area contributed by atoms with Crippen molar-refractivity contribution in [3.8, 4) is 6.07 Å². The lowest BCUT2D eigenvalue weighted by Crippen LogP contribution is -2.48. The summed E-state index contributed by atoms with van der Waals surface area (Å²) in [7, 11) is -3.52. The van der Waals surface area contributed by atoms with E-state index in [1.54, 1.807) is 24.3 Å². The summed E-state index contributed by atoms with van der Waals surface area (Å²) in [5.41, 5.74) is 1.32. The number of hydrogen-bond donors (Lipinski definition) is 0. The summed E-state index contributed by atoms with van der Waals surface area (Å²) >= 11 is 5.93. The first-order valence-corrected chi connectivity index (χ1v) is 11.1. The SMILES string of the molecule is CCC(C)c1ccc(S(=O)(=O)N2CCN(c3ccc(Cl)c(C#N)n3)CC2)cc1. The maximum absolute atomic E-state index is 13.0. The molecule has 0 saturated carbocycles. The normalized spacial score (nSPS) is 16.6. The molecule has 1 aromatic carbocycles. The fourth-order valence-corrected chi connectivity index (χ4v) is 4.77. The van der Waals surface area contributed by atoms with Crippen molar-refractivity contribution in [3.63, 3.8) is 0 Å². The average molecular weight is 419 g/mol. The molecular weight excluding hydrogens is 396 g/mol. The fraction of sp³-hybridized carbons (Fsp3) is 0.400. The van der Waals surface area contributed by atoms with Gasteiger partial charge in [-0.2, -0.15) is 9.57 Å². The summed E-state index contributed by atoms with van der Waals surface area (Å²) < 4.78 is 27.4. The third-order valence-corrected chi connectivity index (χ3v) is 7.42. The first kappa shape index (κ1) is 20.6.